The van der Waals surface area contributed by atoms with Crippen molar-refractivity contribution in [3.05, 3.63) is 35.9 Å². The molecule has 0 aliphatic carbocycles. The maximum atomic E-state index is 11.2. The molecule has 0 saturated carbocycles. The minimum absolute atomic E-state index is 0.0329. The van der Waals surface area contributed by atoms with Gasteiger partial charge in [-0.1, -0.05) is 12.1 Å². The second-order valence-corrected chi connectivity index (χ2v) is 3.58. The molecule has 0 aromatic heterocycles. The van der Waals surface area contributed by atoms with Crippen molar-refractivity contribution in [1.29, 1.82) is 0 Å². The topological polar surface area (TPSA) is 96.2 Å². The number of aliphatic imine (C=N–C) groups is 2. The Morgan fingerprint density at radius 2 is 1.79 bits per heavy atom. The van der Waals surface area contributed by atoms with Gasteiger partial charge in [-0.3, -0.25) is 0 Å². The van der Waals surface area contributed by atoms with E-state index in [4.69, 9.17) is 5.11 Å². The molecule has 0 aliphatic heterocycles. The van der Waals surface area contributed by atoms with E-state index in [2.05, 4.69) is 9.98 Å². The van der Waals surface area contributed by atoms with Gasteiger partial charge in [0.1, 0.15) is 0 Å². The number of carboxylic acid groups (broad SMARTS) is 1. The highest BCUT2D eigenvalue weighted by Gasteiger charge is 2.12. The van der Waals surface area contributed by atoms with Crippen LogP contribution in [0.15, 0.2) is 40.3 Å². The minimum atomic E-state index is -1.17. The summed E-state index contributed by atoms with van der Waals surface area (Å²) < 4.78 is 0. The molecule has 2 aromatic carbocycles. The first kappa shape index (κ1) is 12.4. The van der Waals surface area contributed by atoms with Crippen molar-refractivity contribution < 1.29 is 19.5 Å². The summed E-state index contributed by atoms with van der Waals surface area (Å²) in [5.74, 6) is -1.17. The van der Waals surface area contributed by atoms with Gasteiger partial charge in [0.2, 0.25) is 12.2 Å². The molecule has 0 amide bonds. The smallest absolute Gasteiger partial charge is 0.336 e. The fraction of sp³-hybridized carbons (Fsp3) is 0. The number of rotatable bonds is 3. The molecule has 0 aliphatic rings. The van der Waals surface area contributed by atoms with Gasteiger partial charge in [0.05, 0.1) is 16.9 Å². The fourth-order valence-electron chi connectivity index (χ4n) is 1.80. The molecule has 0 atom stereocenters. The summed E-state index contributed by atoms with van der Waals surface area (Å²) in [4.78, 5) is 38.7. The third kappa shape index (κ3) is 2.30. The van der Waals surface area contributed by atoms with Crippen molar-refractivity contribution in [1.82, 2.24) is 0 Å². The van der Waals surface area contributed by atoms with E-state index in [0.29, 0.717) is 10.8 Å². The Kier molecular flexibility index (Phi) is 3.30. The second-order valence-electron chi connectivity index (χ2n) is 3.58. The first-order valence-electron chi connectivity index (χ1n) is 5.13. The fourth-order valence-corrected chi connectivity index (χ4v) is 1.80. The van der Waals surface area contributed by atoms with E-state index in [0.717, 1.165) is 0 Å². The van der Waals surface area contributed by atoms with Crippen LogP contribution in [0.3, 0.4) is 0 Å². The summed E-state index contributed by atoms with van der Waals surface area (Å²) >= 11 is 0. The van der Waals surface area contributed by atoms with E-state index < -0.39 is 5.97 Å². The molecule has 2 rings (SSSR count). The molecule has 6 heteroatoms. The quantitative estimate of drug-likeness (QED) is 0.672. The van der Waals surface area contributed by atoms with Crippen LogP contribution in [-0.2, 0) is 9.59 Å². The maximum absolute atomic E-state index is 11.2. The van der Waals surface area contributed by atoms with E-state index in [1.165, 1.54) is 30.4 Å². The monoisotopic (exact) mass is 254 g/mol. The van der Waals surface area contributed by atoms with Gasteiger partial charge < -0.3 is 5.11 Å². The lowest BCUT2D eigenvalue weighted by Crippen LogP contribution is -1.97. The molecule has 0 bridgehead atoms. The van der Waals surface area contributed by atoms with Gasteiger partial charge >= 0.3 is 5.97 Å². The number of hydrogen-bond donors (Lipinski definition) is 1. The normalized spacial score (nSPS) is 9.47. The zero-order chi connectivity index (χ0) is 13.8. The SMILES string of the molecule is O=C=Nc1cc(C(=O)O)c2cccc(N=C=O)c2c1. The number of fused-ring (bicyclic) bond motifs is 1. The van der Waals surface area contributed by atoms with Crippen LogP contribution in [0.25, 0.3) is 10.8 Å². The molecule has 6 nitrogen and oxygen atoms in total. The zero-order valence-corrected chi connectivity index (χ0v) is 9.45. The highest BCUT2D eigenvalue weighted by Crippen LogP contribution is 2.32. The molecule has 92 valence electrons. The van der Waals surface area contributed by atoms with Crippen molar-refractivity contribution in [3.63, 3.8) is 0 Å². The number of benzene rings is 2. The highest BCUT2D eigenvalue weighted by atomic mass is 16.4. The molecule has 2 aromatic rings. The number of hydrogen-bond acceptors (Lipinski definition) is 5. The molecule has 19 heavy (non-hydrogen) atoms. The largest absolute Gasteiger partial charge is 0.478 e. The number of carbonyl (C=O) groups excluding carboxylic acids is 2. The number of isocyanates is 2. The summed E-state index contributed by atoms with van der Waals surface area (Å²) in [5, 5.41) is 9.95. The molecule has 0 heterocycles. The van der Waals surface area contributed by atoms with Gasteiger partial charge in [0, 0.05) is 5.39 Å². The Hall–Kier alpha value is -3.07. The van der Waals surface area contributed by atoms with E-state index in [1.807, 2.05) is 0 Å². The van der Waals surface area contributed by atoms with Gasteiger partial charge in [0.25, 0.3) is 0 Å². The number of nitrogens with zero attached hydrogens (tertiary/aromatic N) is 2. The zero-order valence-electron chi connectivity index (χ0n) is 9.45. The van der Waals surface area contributed by atoms with E-state index in [-0.39, 0.29) is 16.9 Å². The van der Waals surface area contributed by atoms with Crippen LogP contribution >= 0.6 is 0 Å². The Morgan fingerprint density at radius 3 is 2.42 bits per heavy atom. The molecular weight excluding hydrogens is 248 g/mol. The lowest BCUT2D eigenvalue weighted by Gasteiger charge is -2.05. The van der Waals surface area contributed by atoms with Crippen LogP contribution in [-0.4, -0.2) is 23.2 Å². The average molecular weight is 254 g/mol. The Labute approximate surface area is 106 Å². The second kappa shape index (κ2) is 5.06. The van der Waals surface area contributed by atoms with Crippen LogP contribution in [0, 0.1) is 0 Å². The number of aromatic carboxylic acids is 1. The van der Waals surface area contributed by atoms with Crippen molar-refractivity contribution in [2.45, 2.75) is 0 Å². The Balaban J connectivity index is 2.94. The molecule has 0 spiro atoms. The summed E-state index contributed by atoms with van der Waals surface area (Å²) in [6.45, 7) is 0. The number of carbonyl (C=O) groups is 1. The van der Waals surface area contributed by atoms with Crippen molar-refractivity contribution >= 4 is 40.3 Å². The Morgan fingerprint density at radius 1 is 1.05 bits per heavy atom. The van der Waals surface area contributed by atoms with Crippen molar-refractivity contribution in [3.8, 4) is 0 Å². The third-order valence-electron chi connectivity index (χ3n) is 2.53. The van der Waals surface area contributed by atoms with E-state index in [9.17, 15) is 14.4 Å². The molecule has 0 radical (unpaired) electrons. The lowest BCUT2D eigenvalue weighted by molar-refractivity contribution is 0.0699. The van der Waals surface area contributed by atoms with Crippen molar-refractivity contribution in [2.75, 3.05) is 0 Å². The van der Waals surface area contributed by atoms with Gasteiger partial charge in [0.15, 0.2) is 0 Å². The first-order chi connectivity index (χ1) is 9.17. The third-order valence-corrected chi connectivity index (χ3v) is 2.53. The Bertz CT molecular complexity index is 770. The molecular formula is C13H6N2O4. The predicted octanol–water partition coefficient (Wildman–Crippen LogP) is 2.47. The molecule has 1 N–H and O–H groups in total. The average Bonchev–Trinajstić information content (AvgIpc) is 2.39. The van der Waals surface area contributed by atoms with Crippen LogP contribution in [0.4, 0.5) is 11.4 Å². The maximum Gasteiger partial charge on any atom is 0.336 e. The van der Waals surface area contributed by atoms with E-state index in [1.54, 1.807) is 12.1 Å². The predicted molar refractivity (Wildman–Crippen MR) is 66.5 cm³/mol. The van der Waals surface area contributed by atoms with Crippen LogP contribution in [0.1, 0.15) is 10.4 Å². The van der Waals surface area contributed by atoms with Crippen LogP contribution in [0.2, 0.25) is 0 Å². The summed E-state index contributed by atoms with van der Waals surface area (Å²) in [5.41, 5.74) is 0.362. The lowest BCUT2D eigenvalue weighted by atomic mass is 10.0. The highest BCUT2D eigenvalue weighted by molar-refractivity contribution is 6.08. The summed E-state index contributed by atoms with van der Waals surface area (Å²) in [6, 6.07) is 7.41. The van der Waals surface area contributed by atoms with Gasteiger partial charge in [-0.15, -0.1) is 0 Å². The summed E-state index contributed by atoms with van der Waals surface area (Å²) in [6.07, 6.45) is 2.74. The van der Waals surface area contributed by atoms with Gasteiger partial charge in [-0.2, -0.15) is 9.98 Å². The van der Waals surface area contributed by atoms with Crippen LogP contribution in [0.5, 0.6) is 0 Å². The molecule has 0 unspecified atom stereocenters. The molecule has 0 fully saturated rings. The summed E-state index contributed by atoms with van der Waals surface area (Å²) in [7, 11) is 0. The van der Waals surface area contributed by atoms with Crippen molar-refractivity contribution in [2.24, 2.45) is 9.98 Å². The van der Waals surface area contributed by atoms with Crippen LogP contribution < -0.4 is 0 Å². The first-order valence-corrected chi connectivity index (χ1v) is 5.13. The van der Waals surface area contributed by atoms with Gasteiger partial charge in [-0.25, -0.2) is 14.4 Å². The standard InChI is InChI=1S/C13H6N2O4/c16-6-14-8-4-10-9(11(5-8)13(18)19)2-1-3-12(10)15-7-17/h1-5H,(H,18,19). The number of carboxylic acids is 1. The van der Waals surface area contributed by atoms with E-state index >= 15 is 0 Å². The minimum Gasteiger partial charge on any atom is -0.478 e. The molecule has 0 saturated heterocycles. The van der Waals surface area contributed by atoms with Gasteiger partial charge in [-0.05, 0) is 23.6 Å².